The first-order valence-electron chi connectivity index (χ1n) is 10.4. The molecule has 0 bridgehead atoms. The molecule has 0 spiro atoms. The second-order valence-electron chi connectivity index (χ2n) is 7.41. The summed E-state index contributed by atoms with van der Waals surface area (Å²) in [7, 11) is -3.49. The molecule has 0 aliphatic heterocycles. The third-order valence-corrected chi connectivity index (χ3v) is 6.73. The highest BCUT2D eigenvalue weighted by atomic mass is 32.2. The van der Waals surface area contributed by atoms with Crippen LogP contribution in [0.1, 0.15) is 44.6 Å². The molecule has 0 aliphatic carbocycles. The topological polar surface area (TPSA) is 104 Å². The molecule has 3 aromatic rings. The molecule has 2 aromatic carbocycles. The number of amides is 1. The fraction of sp³-hybridized carbons (Fsp3) is 0.304. The van der Waals surface area contributed by atoms with Crippen molar-refractivity contribution in [3.63, 3.8) is 0 Å². The van der Waals surface area contributed by atoms with Crippen LogP contribution in [0.2, 0.25) is 0 Å². The molecule has 0 aliphatic rings. The number of para-hydroxylation sites is 2. The number of hydrogen-bond acceptors (Lipinski definition) is 4. The van der Waals surface area contributed by atoms with E-state index >= 15 is 0 Å². The Hall–Kier alpha value is -2.97. The molecule has 3 N–H and O–H groups in total. The van der Waals surface area contributed by atoms with Gasteiger partial charge in [0.05, 0.1) is 22.0 Å². The maximum atomic E-state index is 12.6. The van der Waals surface area contributed by atoms with Crippen molar-refractivity contribution >= 4 is 33.0 Å². The lowest BCUT2D eigenvalue weighted by Crippen LogP contribution is -2.32. The standard InChI is InChI=1S/C23H28N4O3S/c1-4-16(3)22(23-25-19-8-6-7-9-20(19)26-23)27-21(28)15-12-17-10-13-18(14-11-17)31(29,30)24-5-2/h6-16,22,24H,4-5H2,1-3H3,(H,25,26)(H,27,28). The molecule has 2 unspecified atom stereocenters. The lowest BCUT2D eigenvalue weighted by molar-refractivity contribution is -0.117. The SMILES string of the molecule is CCNS(=O)(=O)c1ccc(C=CC(=O)NC(c2nc3ccccc3[nH]2)C(C)CC)cc1. The number of carbonyl (C=O) groups excluding carboxylic acids is 1. The van der Waals surface area contributed by atoms with E-state index in [4.69, 9.17) is 0 Å². The molecule has 8 heteroatoms. The van der Waals surface area contributed by atoms with Crippen LogP contribution in [-0.2, 0) is 14.8 Å². The van der Waals surface area contributed by atoms with Gasteiger partial charge >= 0.3 is 0 Å². The zero-order chi connectivity index (χ0) is 22.4. The van der Waals surface area contributed by atoms with Gasteiger partial charge in [0.25, 0.3) is 0 Å². The van der Waals surface area contributed by atoms with Gasteiger partial charge in [0, 0.05) is 12.6 Å². The van der Waals surface area contributed by atoms with Gasteiger partial charge in [-0.05, 0) is 41.8 Å². The van der Waals surface area contributed by atoms with E-state index in [1.807, 2.05) is 24.3 Å². The Labute approximate surface area is 183 Å². The number of carbonyl (C=O) groups is 1. The summed E-state index contributed by atoms with van der Waals surface area (Å²) in [6.07, 6.45) is 3.99. The van der Waals surface area contributed by atoms with Crippen molar-refractivity contribution in [3.8, 4) is 0 Å². The first-order chi connectivity index (χ1) is 14.8. The quantitative estimate of drug-likeness (QED) is 0.441. The van der Waals surface area contributed by atoms with Gasteiger partial charge in [-0.25, -0.2) is 18.1 Å². The molecule has 1 aromatic heterocycles. The van der Waals surface area contributed by atoms with E-state index in [2.05, 4.69) is 33.9 Å². The summed E-state index contributed by atoms with van der Waals surface area (Å²) < 4.78 is 26.5. The Kier molecular flexibility index (Phi) is 7.25. The third-order valence-electron chi connectivity index (χ3n) is 5.16. The number of sulfonamides is 1. The van der Waals surface area contributed by atoms with Crippen LogP contribution >= 0.6 is 0 Å². The number of imidazole rings is 1. The largest absolute Gasteiger partial charge is 0.342 e. The summed E-state index contributed by atoms with van der Waals surface area (Å²) in [6.45, 7) is 6.20. The van der Waals surface area contributed by atoms with Crippen molar-refractivity contribution in [2.75, 3.05) is 6.54 Å². The molecule has 1 amide bonds. The molecular formula is C23H28N4O3S. The van der Waals surface area contributed by atoms with Crippen molar-refractivity contribution in [1.82, 2.24) is 20.0 Å². The molecule has 1 heterocycles. The van der Waals surface area contributed by atoms with Crippen molar-refractivity contribution in [1.29, 1.82) is 0 Å². The molecule has 31 heavy (non-hydrogen) atoms. The second-order valence-corrected chi connectivity index (χ2v) is 9.18. The van der Waals surface area contributed by atoms with Crippen LogP contribution in [0, 0.1) is 5.92 Å². The van der Waals surface area contributed by atoms with Crippen LogP contribution < -0.4 is 10.0 Å². The van der Waals surface area contributed by atoms with E-state index in [9.17, 15) is 13.2 Å². The summed E-state index contributed by atoms with van der Waals surface area (Å²) >= 11 is 0. The van der Waals surface area contributed by atoms with Gasteiger partial charge in [-0.1, -0.05) is 51.5 Å². The first kappa shape index (κ1) is 22.7. The minimum absolute atomic E-state index is 0.188. The van der Waals surface area contributed by atoms with Crippen LogP contribution in [-0.4, -0.2) is 30.8 Å². The number of hydrogen-bond donors (Lipinski definition) is 3. The van der Waals surface area contributed by atoms with E-state index < -0.39 is 10.0 Å². The molecule has 164 valence electrons. The zero-order valence-corrected chi connectivity index (χ0v) is 18.7. The Morgan fingerprint density at radius 2 is 1.84 bits per heavy atom. The maximum absolute atomic E-state index is 12.6. The smallest absolute Gasteiger partial charge is 0.244 e. The number of rotatable bonds is 9. The van der Waals surface area contributed by atoms with E-state index in [1.54, 1.807) is 25.1 Å². The lowest BCUT2D eigenvalue weighted by Gasteiger charge is -2.21. The minimum Gasteiger partial charge on any atom is -0.342 e. The van der Waals surface area contributed by atoms with Crippen molar-refractivity contribution in [2.24, 2.45) is 5.92 Å². The van der Waals surface area contributed by atoms with E-state index in [0.717, 1.165) is 28.8 Å². The molecule has 0 saturated carbocycles. The van der Waals surface area contributed by atoms with Crippen LogP contribution in [0.4, 0.5) is 0 Å². The minimum atomic E-state index is -3.49. The van der Waals surface area contributed by atoms with Gasteiger partial charge < -0.3 is 10.3 Å². The fourth-order valence-electron chi connectivity index (χ4n) is 3.24. The molecule has 2 atom stereocenters. The van der Waals surface area contributed by atoms with Gasteiger partial charge in [0.2, 0.25) is 15.9 Å². The summed E-state index contributed by atoms with van der Waals surface area (Å²) in [5.74, 6) is 0.679. The molecule has 0 fully saturated rings. The molecule has 3 rings (SSSR count). The highest BCUT2D eigenvalue weighted by molar-refractivity contribution is 7.89. The summed E-state index contributed by atoms with van der Waals surface area (Å²) in [4.78, 5) is 20.7. The second kappa shape index (κ2) is 9.89. The van der Waals surface area contributed by atoms with Gasteiger partial charge in [-0.3, -0.25) is 4.79 Å². The van der Waals surface area contributed by atoms with Crippen LogP contribution in [0.15, 0.2) is 59.5 Å². The van der Waals surface area contributed by atoms with Crippen molar-refractivity contribution in [3.05, 3.63) is 66.0 Å². The van der Waals surface area contributed by atoms with E-state index in [1.165, 1.54) is 18.2 Å². The predicted octanol–water partition coefficient (Wildman–Crippen LogP) is 3.78. The van der Waals surface area contributed by atoms with Gasteiger partial charge in [0.15, 0.2) is 0 Å². The average Bonchev–Trinajstić information content (AvgIpc) is 3.19. The van der Waals surface area contributed by atoms with Crippen LogP contribution in [0.5, 0.6) is 0 Å². The highest BCUT2D eigenvalue weighted by Crippen LogP contribution is 2.24. The molecular weight excluding hydrogens is 412 g/mol. The third kappa shape index (κ3) is 5.59. The van der Waals surface area contributed by atoms with Gasteiger partial charge in [-0.2, -0.15) is 0 Å². The van der Waals surface area contributed by atoms with E-state index in [0.29, 0.717) is 6.54 Å². The Balaban J connectivity index is 1.73. The fourth-order valence-corrected chi connectivity index (χ4v) is 4.28. The molecule has 7 nitrogen and oxygen atoms in total. The predicted molar refractivity (Wildman–Crippen MR) is 123 cm³/mol. The van der Waals surface area contributed by atoms with Gasteiger partial charge in [0.1, 0.15) is 5.82 Å². The van der Waals surface area contributed by atoms with Crippen LogP contribution in [0.25, 0.3) is 17.1 Å². The number of nitrogens with one attached hydrogen (secondary N) is 3. The number of aromatic nitrogens is 2. The number of benzene rings is 2. The number of aromatic amines is 1. The Bertz CT molecular complexity index is 1130. The summed E-state index contributed by atoms with van der Waals surface area (Å²) in [6, 6.07) is 13.9. The lowest BCUT2D eigenvalue weighted by atomic mass is 9.98. The number of H-pyrrole nitrogens is 1. The average molecular weight is 441 g/mol. The first-order valence-corrected chi connectivity index (χ1v) is 11.8. The summed E-state index contributed by atoms with van der Waals surface area (Å²) in [5.41, 5.74) is 2.53. The highest BCUT2D eigenvalue weighted by Gasteiger charge is 2.22. The monoisotopic (exact) mass is 440 g/mol. The summed E-state index contributed by atoms with van der Waals surface area (Å²) in [5, 5.41) is 3.04. The van der Waals surface area contributed by atoms with Gasteiger partial charge in [-0.15, -0.1) is 0 Å². The molecule has 0 radical (unpaired) electrons. The molecule has 0 saturated heterocycles. The Morgan fingerprint density at radius 3 is 2.48 bits per heavy atom. The van der Waals surface area contributed by atoms with Crippen LogP contribution in [0.3, 0.4) is 0 Å². The number of nitrogens with zero attached hydrogens (tertiary/aromatic N) is 1. The van der Waals surface area contributed by atoms with Crippen molar-refractivity contribution in [2.45, 2.75) is 38.1 Å². The normalized spacial score (nSPS) is 14.0. The number of fused-ring (bicyclic) bond motifs is 1. The van der Waals surface area contributed by atoms with E-state index in [-0.39, 0.29) is 22.8 Å². The maximum Gasteiger partial charge on any atom is 0.244 e. The zero-order valence-electron chi connectivity index (χ0n) is 17.9. The Morgan fingerprint density at radius 1 is 1.13 bits per heavy atom. The van der Waals surface area contributed by atoms with Crippen molar-refractivity contribution < 1.29 is 13.2 Å².